The van der Waals surface area contributed by atoms with Crippen LogP contribution in [0.1, 0.15) is 34.3 Å². The zero-order valence-corrected chi connectivity index (χ0v) is 18.6. The third kappa shape index (κ3) is 5.02. The van der Waals surface area contributed by atoms with Gasteiger partial charge in [0.1, 0.15) is 0 Å². The van der Waals surface area contributed by atoms with Crippen LogP contribution < -0.4 is 10.1 Å². The molecule has 3 heterocycles. The number of thiazole rings is 1. The standard InChI is InChI=1S/C23H25FN4O2S/c1-14-10-18(27-23-26-15(2)16(3)31-23)11-20(25-14)17-8-9-28(12-17)22(29)13-30-21-7-5-4-6-19(21)24/h4-7,10-11,17H,8-9,12-13H2,1-3H3,(H,25,26,27). The van der Waals surface area contributed by atoms with Crippen LogP contribution in [0.3, 0.4) is 0 Å². The Labute approximate surface area is 185 Å². The van der Waals surface area contributed by atoms with Crippen molar-refractivity contribution in [2.45, 2.75) is 33.1 Å². The van der Waals surface area contributed by atoms with Gasteiger partial charge in [-0.25, -0.2) is 9.37 Å². The molecule has 1 N–H and O–H groups in total. The number of nitrogens with zero attached hydrogens (tertiary/aromatic N) is 3. The Morgan fingerprint density at radius 2 is 2.06 bits per heavy atom. The number of hydrogen-bond donors (Lipinski definition) is 1. The van der Waals surface area contributed by atoms with Crippen molar-refractivity contribution >= 4 is 28.1 Å². The molecule has 6 nitrogen and oxygen atoms in total. The predicted molar refractivity (Wildman–Crippen MR) is 120 cm³/mol. The Bertz CT molecular complexity index is 1080. The second-order valence-electron chi connectivity index (χ2n) is 7.75. The quantitative estimate of drug-likeness (QED) is 0.600. The summed E-state index contributed by atoms with van der Waals surface area (Å²) in [5.41, 5.74) is 3.85. The van der Waals surface area contributed by atoms with Gasteiger partial charge in [0, 0.05) is 41.0 Å². The molecule has 0 saturated carbocycles. The maximum atomic E-state index is 13.7. The molecule has 0 radical (unpaired) electrons. The van der Waals surface area contributed by atoms with Crippen LogP contribution in [0, 0.1) is 26.6 Å². The first kappa shape index (κ1) is 21.2. The van der Waals surface area contributed by atoms with E-state index in [4.69, 9.17) is 9.72 Å². The second kappa shape index (κ2) is 9.01. The van der Waals surface area contributed by atoms with Crippen molar-refractivity contribution in [2.24, 2.45) is 0 Å². The number of benzene rings is 1. The number of ether oxygens (including phenoxy) is 1. The third-order valence-electron chi connectivity index (χ3n) is 5.40. The van der Waals surface area contributed by atoms with Crippen molar-refractivity contribution in [3.8, 4) is 5.75 Å². The molecule has 4 rings (SSSR count). The zero-order chi connectivity index (χ0) is 22.0. The Morgan fingerprint density at radius 3 is 2.81 bits per heavy atom. The Hall–Kier alpha value is -3.00. The lowest BCUT2D eigenvalue weighted by atomic mass is 10.0. The molecule has 0 aliphatic carbocycles. The fourth-order valence-electron chi connectivity index (χ4n) is 3.65. The van der Waals surface area contributed by atoms with Gasteiger partial charge in [0.2, 0.25) is 0 Å². The van der Waals surface area contributed by atoms with Gasteiger partial charge in [-0.3, -0.25) is 9.78 Å². The summed E-state index contributed by atoms with van der Waals surface area (Å²) in [5, 5.41) is 4.24. The van der Waals surface area contributed by atoms with Crippen molar-refractivity contribution in [1.29, 1.82) is 0 Å². The van der Waals surface area contributed by atoms with E-state index in [1.54, 1.807) is 28.4 Å². The number of carbonyl (C=O) groups excluding carboxylic acids is 1. The lowest BCUT2D eigenvalue weighted by Gasteiger charge is -2.17. The van der Waals surface area contributed by atoms with Crippen LogP contribution in [0.2, 0.25) is 0 Å². The highest BCUT2D eigenvalue weighted by molar-refractivity contribution is 7.15. The first-order valence-electron chi connectivity index (χ1n) is 10.2. The smallest absolute Gasteiger partial charge is 0.260 e. The average Bonchev–Trinajstić information content (AvgIpc) is 3.34. The van der Waals surface area contributed by atoms with E-state index in [0.29, 0.717) is 13.1 Å². The topological polar surface area (TPSA) is 67.4 Å². The van der Waals surface area contributed by atoms with Gasteiger partial charge in [-0.15, -0.1) is 11.3 Å². The summed E-state index contributed by atoms with van der Waals surface area (Å²) in [4.78, 5) is 24.8. The molecule has 0 spiro atoms. The van der Waals surface area contributed by atoms with Crippen LogP contribution in [0.5, 0.6) is 5.75 Å². The van der Waals surface area contributed by atoms with Crippen molar-refractivity contribution in [2.75, 3.05) is 25.0 Å². The van der Waals surface area contributed by atoms with E-state index >= 15 is 0 Å². The number of nitrogens with one attached hydrogen (secondary N) is 1. The van der Waals surface area contributed by atoms with Gasteiger partial charge in [0.05, 0.1) is 5.69 Å². The molecular formula is C23H25FN4O2S. The first-order valence-corrected chi connectivity index (χ1v) is 11.1. The minimum absolute atomic E-state index is 0.0929. The van der Waals surface area contributed by atoms with Crippen molar-refractivity contribution in [1.82, 2.24) is 14.9 Å². The molecule has 2 aromatic heterocycles. The van der Waals surface area contributed by atoms with Crippen molar-refractivity contribution < 1.29 is 13.9 Å². The van der Waals surface area contributed by atoms with E-state index in [1.165, 1.54) is 17.0 Å². The summed E-state index contributed by atoms with van der Waals surface area (Å²) >= 11 is 1.63. The number of hydrogen-bond acceptors (Lipinski definition) is 6. The van der Waals surface area contributed by atoms with E-state index in [2.05, 4.69) is 17.2 Å². The first-order chi connectivity index (χ1) is 14.9. The fraction of sp³-hybridized carbons (Fsp3) is 0.348. The normalized spacial score (nSPS) is 15.9. The average molecular weight is 441 g/mol. The van der Waals surface area contributed by atoms with E-state index in [0.717, 1.165) is 34.3 Å². The van der Waals surface area contributed by atoms with Crippen LogP contribution in [0.4, 0.5) is 15.2 Å². The molecule has 31 heavy (non-hydrogen) atoms. The highest BCUT2D eigenvalue weighted by Crippen LogP contribution is 2.30. The van der Waals surface area contributed by atoms with E-state index < -0.39 is 5.82 Å². The molecule has 1 unspecified atom stereocenters. The summed E-state index contributed by atoms with van der Waals surface area (Å²) in [6.45, 7) is 7.05. The Kier molecular flexibility index (Phi) is 6.18. The summed E-state index contributed by atoms with van der Waals surface area (Å²) in [6, 6.07) is 10.1. The number of anilines is 2. The summed E-state index contributed by atoms with van der Waals surface area (Å²) < 4.78 is 19.1. The molecule has 1 aliphatic rings. The van der Waals surface area contributed by atoms with Crippen LogP contribution >= 0.6 is 11.3 Å². The highest BCUT2D eigenvalue weighted by Gasteiger charge is 2.29. The number of rotatable bonds is 6. The molecule has 8 heteroatoms. The van der Waals surface area contributed by atoms with Gasteiger partial charge in [-0.1, -0.05) is 12.1 Å². The molecule has 3 aromatic rings. The zero-order valence-electron chi connectivity index (χ0n) is 17.8. The third-order valence-corrected chi connectivity index (χ3v) is 6.39. The Morgan fingerprint density at radius 1 is 1.26 bits per heavy atom. The minimum atomic E-state index is -0.468. The maximum Gasteiger partial charge on any atom is 0.260 e. The number of halogens is 1. The molecule has 162 valence electrons. The van der Waals surface area contributed by atoms with E-state index in [1.807, 2.05) is 26.0 Å². The van der Waals surface area contributed by atoms with Crippen molar-refractivity contribution in [3.05, 3.63) is 64.2 Å². The molecule has 1 saturated heterocycles. The number of aromatic nitrogens is 2. The Balaban J connectivity index is 1.39. The molecule has 1 aromatic carbocycles. The minimum Gasteiger partial charge on any atom is -0.481 e. The van der Waals surface area contributed by atoms with Gasteiger partial charge >= 0.3 is 0 Å². The lowest BCUT2D eigenvalue weighted by Crippen LogP contribution is -2.33. The van der Waals surface area contributed by atoms with Crippen LogP contribution in [-0.2, 0) is 4.79 Å². The number of likely N-dealkylation sites (tertiary alicyclic amines) is 1. The van der Waals surface area contributed by atoms with Crippen LogP contribution in [0.25, 0.3) is 0 Å². The van der Waals surface area contributed by atoms with E-state index in [9.17, 15) is 9.18 Å². The predicted octanol–water partition coefficient (Wildman–Crippen LogP) is 4.74. The molecule has 1 atom stereocenters. The number of amides is 1. The molecular weight excluding hydrogens is 415 g/mol. The molecule has 0 bridgehead atoms. The van der Waals surface area contributed by atoms with Gasteiger partial charge in [0.25, 0.3) is 5.91 Å². The number of aryl methyl sites for hydroxylation is 3. The summed E-state index contributed by atoms with van der Waals surface area (Å²) in [7, 11) is 0. The summed E-state index contributed by atoms with van der Waals surface area (Å²) in [5.74, 6) is -0.373. The molecule has 1 fully saturated rings. The van der Waals surface area contributed by atoms with Gasteiger partial charge < -0.3 is 15.0 Å². The van der Waals surface area contributed by atoms with E-state index in [-0.39, 0.29) is 24.2 Å². The number of pyridine rings is 1. The highest BCUT2D eigenvalue weighted by atomic mass is 32.1. The van der Waals surface area contributed by atoms with Gasteiger partial charge in [0.15, 0.2) is 23.3 Å². The maximum absolute atomic E-state index is 13.7. The van der Waals surface area contributed by atoms with Crippen LogP contribution in [0.15, 0.2) is 36.4 Å². The van der Waals surface area contributed by atoms with Crippen LogP contribution in [-0.4, -0.2) is 40.5 Å². The SMILES string of the molecule is Cc1cc(Nc2nc(C)c(C)s2)cc(C2CCN(C(=O)COc3ccccc3F)C2)n1. The van der Waals surface area contributed by atoms with Gasteiger partial charge in [-0.05, 0) is 51.5 Å². The summed E-state index contributed by atoms with van der Waals surface area (Å²) in [6.07, 6.45) is 0.830. The monoisotopic (exact) mass is 440 g/mol. The number of para-hydroxylation sites is 1. The largest absolute Gasteiger partial charge is 0.481 e. The lowest BCUT2D eigenvalue weighted by molar-refractivity contribution is -0.132. The second-order valence-corrected chi connectivity index (χ2v) is 8.96. The number of carbonyl (C=O) groups is 1. The van der Waals surface area contributed by atoms with Crippen molar-refractivity contribution in [3.63, 3.8) is 0 Å². The molecule has 1 amide bonds. The van der Waals surface area contributed by atoms with Gasteiger partial charge in [-0.2, -0.15) is 0 Å². The molecule has 1 aliphatic heterocycles. The fourth-order valence-corrected chi connectivity index (χ4v) is 4.48.